The number of nitrogens with zero attached hydrogens (tertiary/aromatic N) is 2. The number of carbonyl (C=O) groups is 1. The Labute approximate surface area is 124 Å². The molecule has 0 atom stereocenters. The lowest BCUT2D eigenvalue weighted by molar-refractivity contribution is -0.122. The largest absolute Gasteiger partial charge is 0.368 e. The van der Waals surface area contributed by atoms with E-state index in [1.165, 1.54) is 6.42 Å². The second-order valence-electron chi connectivity index (χ2n) is 5.77. The fourth-order valence-corrected chi connectivity index (χ4v) is 3.14. The zero-order chi connectivity index (χ0) is 14.9. The van der Waals surface area contributed by atoms with Gasteiger partial charge in [-0.1, -0.05) is 31.4 Å². The van der Waals surface area contributed by atoms with E-state index >= 15 is 0 Å². The number of anilines is 2. The van der Waals surface area contributed by atoms with Crippen molar-refractivity contribution in [2.45, 2.75) is 44.6 Å². The van der Waals surface area contributed by atoms with Crippen molar-refractivity contribution in [2.75, 3.05) is 11.1 Å². The van der Waals surface area contributed by atoms with E-state index in [0.717, 1.165) is 36.6 Å². The number of nitrogens with two attached hydrogens (primary N) is 1. The molecule has 1 aromatic heterocycles. The van der Waals surface area contributed by atoms with Crippen molar-refractivity contribution < 1.29 is 4.79 Å². The number of carbonyl (C=O) groups excluding carboxylic acids is 1. The van der Waals surface area contributed by atoms with Crippen LogP contribution >= 0.6 is 0 Å². The summed E-state index contributed by atoms with van der Waals surface area (Å²) in [5.41, 5.74) is 6.08. The summed E-state index contributed by atoms with van der Waals surface area (Å²) in [5, 5.41) is 4.30. The van der Waals surface area contributed by atoms with Gasteiger partial charge < -0.3 is 11.1 Å². The van der Waals surface area contributed by atoms with Gasteiger partial charge in [0.25, 0.3) is 0 Å². The van der Waals surface area contributed by atoms with Crippen molar-refractivity contribution in [3.8, 4) is 0 Å². The van der Waals surface area contributed by atoms with Crippen LogP contribution in [0.4, 0.5) is 11.8 Å². The van der Waals surface area contributed by atoms with Gasteiger partial charge in [0.15, 0.2) is 5.78 Å². The van der Waals surface area contributed by atoms with E-state index in [9.17, 15) is 4.79 Å². The zero-order valence-corrected chi connectivity index (χ0v) is 12.2. The molecular formula is C16H20N4O. The highest BCUT2D eigenvalue weighted by Gasteiger charge is 2.37. The van der Waals surface area contributed by atoms with Crippen LogP contribution in [0.2, 0.25) is 0 Å². The molecule has 0 amide bonds. The minimum absolute atomic E-state index is 0.170. The van der Waals surface area contributed by atoms with Crippen LogP contribution in [-0.2, 0) is 4.79 Å². The van der Waals surface area contributed by atoms with E-state index in [1.54, 1.807) is 6.92 Å². The fraction of sp³-hybridized carbons (Fsp3) is 0.438. The standard InChI is InChI=1S/C16H20N4O/c1-11(21)16(9-5-2-6-10-16)20-14-12-7-3-4-8-13(12)18-15(17)19-14/h3-4,7-8H,2,5-6,9-10H2,1H3,(H3,17,18,19,20). The Balaban J connectivity index is 2.05. The zero-order valence-electron chi connectivity index (χ0n) is 12.2. The molecule has 0 saturated heterocycles. The highest BCUT2D eigenvalue weighted by molar-refractivity contribution is 5.95. The van der Waals surface area contributed by atoms with Gasteiger partial charge >= 0.3 is 0 Å². The molecule has 1 aromatic carbocycles. The van der Waals surface area contributed by atoms with Crippen LogP contribution in [-0.4, -0.2) is 21.3 Å². The number of fused-ring (bicyclic) bond motifs is 1. The van der Waals surface area contributed by atoms with Crippen molar-refractivity contribution in [1.29, 1.82) is 0 Å². The Hall–Kier alpha value is -2.17. The third-order valence-electron chi connectivity index (χ3n) is 4.36. The molecule has 0 unspecified atom stereocenters. The number of hydrogen-bond donors (Lipinski definition) is 2. The number of hydrogen-bond acceptors (Lipinski definition) is 5. The van der Waals surface area contributed by atoms with Gasteiger partial charge in [-0.25, -0.2) is 4.98 Å². The third kappa shape index (κ3) is 2.55. The number of aromatic nitrogens is 2. The molecule has 1 heterocycles. The molecule has 0 spiro atoms. The van der Waals surface area contributed by atoms with E-state index in [-0.39, 0.29) is 11.7 Å². The first kappa shape index (κ1) is 13.8. The average molecular weight is 284 g/mol. The molecule has 1 aliphatic carbocycles. The molecule has 110 valence electrons. The monoisotopic (exact) mass is 284 g/mol. The summed E-state index contributed by atoms with van der Waals surface area (Å²) in [6.45, 7) is 1.66. The molecular weight excluding hydrogens is 264 g/mol. The van der Waals surface area contributed by atoms with E-state index in [4.69, 9.17) is 5.73 Å². The van der Waals surface area contributed by atoms with E-state index in [0.29, 0.717) is 5.82 Å². The van der Waals surface area contributed by atoms with Crippen molar-refractivity contribution in [3.63, 3.8) is 0 Å². The number of Topliss-reactive ketones (excluding diaryl/α,β-unsaturated/α-hetero) is 1. The molecule has 2 aromatic rings. The fourth-order valence-electron chi connectivity index (χ4n) is 3.14. The SMILES string of the molecule is CC(=O)C1(Nc2nc(N)nc3ccccc23)CCCCC1. The van der Waals surface area contributed by atoms with Crippen molar-refractivity contribution in [1.82, 2.24) is 9.97 Å². The molecule has 5 nitrogen and oxygen atoms in total. The van der Waals surface area contributed by atoms with Crippen LogP contribution in [0.5, 0.6) is 0 Å². The molecule has 21 heavy (non-hydrogen) atoms. The molecule has 3 rings (SSSR count). The third-order valence-corrected chi connectivity index (χ3v) is 4.36. The van der Waals surface area contributed by atoms with Crippen LogP contribution in [0.3, 0.4) is 0 Å². The minimum atomic E-state index is -0.512. The minimum Gasteiger partial charge on any atom is -0.368 e. The highest BCUT2D eigenvalue weighted by atomic mass is 16.1. The Morgan fingerprint density at radius 1 is 1.19 bits per heavy atom. The quantitative estimate of drug-likeness (QED) is 0.905. The first-order chi connectivity index (χ1) is 10.1. The Bertz CT molecular complexity index is 677. The second kappa shape index (κ2) is 5.31. The van der Waals surface area contributed by atoms with Crippen molar-refractivity contribution >= 4 is 28.5 Å². The molecule has 1 saturated carbocycles. The number of para-hydroxylation sites is 1. The Morgan fingerprint density at radius 3 is 2.62 bits per heavy atom. The van der Waals surface area contributed by atoms with Crippen molar-refractivity contribution in [2.24, 2.45) is 0 Å². The molecule has 3 N–H and O–H groups in total. The summed E-state index contributed by atoms with van der Waals surface area (Å²) in [6, 6.07) is 7.71. The predicted octanol–water partition coefficient (Wildman–Crippen LogP) is 2.92. The van der Waals surface area contributed by atoms with Gasteiger partial charge in [-0.2, -0.15) is 4.98 Å². The van der Waals surface area contributed by atoms with Gasteiger partial charge in [0.2, 0.25) is 5.95 Å². The number of ketones is 1. The normalized spacial score (nSPS) is 17.6. The van der Waals surface area contributed by atoms with E-state index < -0.39 is 5.54 Å². The van der Waals surface area contributed by atoms with Crippen LogP contribution in [0, 0.1) is 0 Å². The average Bonchev–Trinajstić information content (AvgIpc) is 2.48. The lowest BCUT2D eigenvalue weighted by Crippen LogP contribution is -2.47. The number of nitrogen functional groups attached to an aromatic ring is 1. The molecule has 1 aliphatic rings. The number of nitrogens with one attached hydrogen (secondary N) is 1. The summed E-state index contributed by atoms with van der Waals surface area (Å²) >= 11 is 0. The second-order valence-corrected chi connectivity index (χ2v) is 5.77. The summed E-state index contributed by atoms with van der Waals surface area (Å²) in [6.07, 6.45) is 5.00. The van der Waals surface area contributed by atoms with Crippen LogP contribution < -0.4 is 11.1 Å². The molecule has 1 fully saturated rings. The van der Waals surface area contributed by atoms with Crippen LogP contribution in [0.25, 0.3) is 10.9 Å². The maximum atomic E-state index is 12.2. The van der Waals surface area contributed by atoms with E-state index in [2.05, 4.69) is 15.3 Å². The molecule has 0 bridgehead atoms. The van der Waals surface area contributed by atoms with Crippen LogP contribution in [0.15, 0.2) is 24.3 Å². The maximum absolute atomic E-state index is 12.2. The summed E-state index contributed by atoms with van der Waals surface area (Å²) < 4.78 is 0. The topological polar surface area (TPSA) is 80.9 Å². The van der Waals surface area contributed by atoms with Crippen molar-refractivity contribution in [3.05, 3.63) is 24.3 Å². The lowest BCUT2D eigenvalue weighted by Gasteiger charge is -2.36. The lowest BCUT2D eigenvalue weighted by atomic mass is 9.79. The van der Waals surface area contributed by atoms with Gasteiger partial charge in [-0.05, 0) is 31.9 Å². The molecule has 5 heteroatoms. The number of benzene rings is 1. The smallest absolute Gasteiger partial charge is 0.222 e. The Kier molecular flexibility index (Phi) is 3.49. The summed E-state index contributed by atoms with van der Waals surface area (Å²) in [4.78, 5) is 20.8. The maximum Gasteiger partial charge on any atom is 0.222 e. The Morgan fingerprint density at radius 2 is 1.90 bits per heavy atom. The van der Waals surface area contributed by atoms with Gasteiger partial charge in [0.05, 0.1) is 11.1 Å². The van der Waals surface area contributed by atoms with Crippen LogP contribution in [0.1, 0.15) is 39.0 Å². The molecule has 0 aliphatic heterocycles. The number of rotatable bonds is 3. The first-order valence-corrected chi connectivity index (χ1v) is 7.42. The van der Waals surface area contributed by atoms with E-state index in [1.807, 2.05) is 24.3 Å². The summed E-state index contributed by atoms with van der Waals surface area (Å²) in [5.74, 6) is 1.06. The first-order valence-electron chi connectivity index (χ1n) is 7.42. The van der Waals surface area contributed by atoms with Gasteiger partial charge in [-0.15, -0.1) is 0 Å². The molecule has 0 radical (unpaired) electrons. The van der Waals surface area contributed by atoms with Gasteiger partial charge in [0.1, 0.15) is 5.82 Å². The highest BCUT2D eigenvalue weighted by Crippen LogP contribution is 2.34. The van der Waals surface area contributed by atoms with Gasteiger partial charge in [-0.3, -0.25) is 4.79 Å². The van der Waals surface area contributed by atoms with Gasteiger partial charge in [0, 0.05) is 5.39 Å². The predicted molar refractivity (Wildman–Crippen MR) is 84.1 cm³/mol. The summed E-state index contributed by atoms with van der Waals surface area (Å²) in [7, 11) is 0.